The highest BCUT2D eigenvalue weighted by atomic mass is 19.4. The highest BCUT2D eigenvalue weighted by Gasteiger charge is 2.37. The molecule has 1 aliphatic rings. The van der Waals surface area contributed by atoms with E-state index in [1.54, 1.807) is 0 Å². The minimum atomic E-state index is -4.40. The number of nitrogens with zero attached hydrogens (tertiary/aromatic N) is 2. The van der Waals surface area contributed by atoms with E-state index in [1.807, 2.05) is 48.2 Å². The third-order valence-corrected chi connectivity index (χ3v) is 5.19. The lowest BCUT2D eigenvalue weighted by Crippen LogP contribution is -2.39. The van der Waals surface area contributed by atoms with Crippen molar-refractivity contribution in [3.05, 3.63) is 65.2 Å². The van der Waals surface area contributed by atoms with Crippen LogP contribution in [0.25, 0.3) is 0 Å². The molecule has 0 saturated carbocycles. The number of hydrogen-bond donors (Lipinski definition) is 1. The number of hydrogen-bond acceptors (Lipinski definition) is 3. The molecule has 3 rings (SSSR count). The third-order valence-electron chi connectivity index (χ3n) is 5.19. The number of anilines is 1. The molecule has 1 heterocycles. The zero-order valence-corrected chi connectivity index (χ0v) is 15.8. The van der Waals surface area contributed by atoms with Gasteiger partial charge in [0.05, 0.1) is 11.6 Å². The largest absolute Gasteiger partial charge is 0.480 e. The van der Waals surface area contributed by atoms with Gasteiger partial charge in [-0.05, 0) is 48.2 Å². The predicted molar refractivity (Wildman–Crippen MR) is 101 cm³/mol. The van der Waals surface area contributed by atoms with Crippen LogP contribution in [0, 0.1) is 0 Å². The molecule has 0 amide bonds. The van der Waals surface area contributed by atoms with Gasteiger partial charge in [-0.15, -0.1) is 0 Å². The number of carbonyl (C=O) groups is 1. The first kappa shape index (κ1) is 20.2. The van der Waals surface area contributed by atoms with Crippen LogP contribution in [0.3, 0.4) is 0 Å². The van der Waals surface area contributed by atoms with E-state index in [1.165, 1.54) is 12.1 Å². The van der Waals surface area contributed by atoms with Crippen molar-refractivity contribution in [2.45, 2.75) is 31.1 Å². The molecule has 2 unspecified atom stereocenters. The Kier molecular flexibility index (Phi) is 5.65. The average molecular weight is 392 g/mol. The van der Waals surface area contributed by atoms with Crippen molar-refractivity contribution in [1.82, 2.24) is 4.90 Å². The van der Waals surface area contributed by atoms with Crippen LogP contribution in [0.1, 0.15) is 35.6 Å². The van der Waals surface area contributed by atoms with E-state index in [4.69, 9.17) is 0 Å². The van der Waals surface area contributed by atoms with Crippen molar-refractivity contribution in [1.29, 1.82) is 0 Å². The van der Waals surface area contributed by atoms with Crippen molar-refractivity contribution >= 4 is 11.7 Å². The monoisotopic (exact) mass is 392 g/mol. The summed E-state index contributed by atoms with van der Waals surface area (Å²) in [5.41, 5.74) is 1.79. The molecule has 2 aromatic rings. The fraction of sp³-hybridized carbons (Fsp3) is 0.381. The quantitative estimate of drug-likeness (QED) is 0.819. The Labute approximate surface area is 162 Å². The Morgan fingerprint density at radius 1 is 1.07 bits per heavy atom. The van der Waals surface area contributed by atoms with E-state index >= 15 is 0 Å². The number of carboxylic acid groups (broad SMARTS) is 1. The number of likely N-dealkylation sites (tertiary alicyclic amines) is 1. The number of halogens is 3. The van der Waals surface area contributed by atoms with E-state index in [-0.39, 0.29) is 0 Å². The van der Waals surface area contributed by atoms with Crippen LogP contribution < -0.4 is 4.90 Å². The van der Waals surface area contributed by atoms with Crippen LogP contribution in [0.2, 0.25) is 0 Å². The Morgan fingerprint density at radius 2 is 1.61 bits per heavy atom. The summed E-state index contributed by atoms with van der Waals surface area (Å²) < 4.78 is 38.8. The SMILES string of the molecule is CN(C)c1ccc(C(c2ccc(C(F)(F)F)cc2)N2CCCC2C(=O)O)cc1. The van der Waals surface area contributed by atoms with Crippen LogP contribution in [0.15, 0.2) is 48.5 Å². The Morgan fingerprint density at radius 3 is 2.07 bits per heavy atom. The number of aliphatic carboxylic acids is 1. The highest BCUT2D eigenvalue weighted by Crippen LogP contribution is 2.37. The molecule has 1 fully saturated rings. The smallest absolute Gasteiger partial charge is 0.416 e. The molecular weight excluding hydrogens is 369 g/mol. The molecule has 0 aromatic heterocycles. The van der Waals surface area contributed by atoms with Crippen molar-refractivity contribution in [3.63, 3.8) is 0 Å². The van der Waals surface area contributed by atoms with Crippen molar-refractivity contribution in [3.8, 4) is 0 Å². The lowest BCUT2D eigenvalue weighted by molar-refractivity contribution is -0.142. The van der Waals surface area contributed by atoms with Crippen LogP contribution >= 0.6 is 0 Å². The van der Waals surface area contributed by atoms with Gasteiger partial charge in [-0.1, -0.05) is 24.3 Å². The van der Waals surface area contributed by atoms with Crippen molar-refractivity contribution < 1.29 is 23.1 Å². The van der Waals surface area contributed by atoms with Gasteiger partial charge in [-0.3, -0.25) is 9.69 Å². The van der Waals surface area contributed by atoms with E-state index in [0.717, 1.165) is 29.8 Å². The summed E-state index contributed by atoms with van der Waals surface area (Å²) in [6.45, 7) is 0.581. The Balaban J connectivity index is 2.03. The van der Waals surface area contributed by atoms with E-state index in [9.17, 15) is 23.1 Å². The molecule has 1 aliphatic heterocycles. The first-order chi connectivity index (χ1) is 13.2. The van der Waals surface area contributed by atoms with Gasteiger partial charge in [0.25, 0.3) is 0 Å². The molecule has 2 aromatic carbocycles. The normalized spacial score (nSPS) is 18.8. The lowest BCUT2D eigenvalue weighted by atomic mass is 9.95. The van der Waals surface area contributed by atoms with Crippen LogP contribution in [0.5, 0.6) is 0 Å². The summed E-state index contributed by atoms with van der Waals surface area (Å²) in [4.78, 5) is 15.5. The maximum absolute atomic E-state index is 12.9. The first-order valence-corrected chi connectivity index (χ1v) is 9.11. The molecule has 4 nitrogen and oxygen atoms in total. The Hall–Kier alpha value is -2.54. The molecule has 1 N–H and O–H groups in total. The summed E-state index contributed by atoms with van der Waals surface area (Å²) in [7, 11) is 3.84. The number of rotatable bonds is 5. The van der Waals surface area contributed by atoms with E-state index in [0.29, 0.717) is 18.5 Å². The summed E-state index contributed by atoms with van der Waals surface area (Å²) in [5.74, 6) is -0.903. The van der Waals surface area contributed by atoms with Gasteiger partial charge in [0.1, 0.15) is 6.04 Å². The van der Waals surface area contributed by atoms with Gasteiger partial charge in [-0.2, -0.15) is 13.2 Å². The van der Waals surface area contributed by atoms with Gasteiger partial charge in [0.2, 0.25) is 0 Å². The lowest BCUT2D eigenvalue weighted by Gasteiger charge is -2.32. The minimum Gasteiger partial charge on any atom is -0.480 e. The molecule has 0 radical (unpaired) electrons. The number of benzene rings is 2. The maximum Gasteiger partial charge on any atom is 0.416 e. The summed E-state index contributed by atoms with van der Waals surface area (Å²) in [6.07, 6.45) is -3.13. The first-order valence-electron chi connectivity index (χ1n) is 9.11. The molecule has 0 aliphatic carbocycles. The molecule has 2 atom stereocenters. The molecule has 150 valence electrons. The topological polar surface area (TPSA) is 43.8 Å². The Bertz CT molecular complexity index is 817. The molecule has 7 heteroatoms. The average Bonchev–Trinajstić information content (AvgIpc) is 3.12. The molecule has 1 saturated heterocycles. The number of carboxylic acids is 1. The van der Waals surface area contributed by atoms with Gasteiger partial charge < -0.3 is 10.0 Å². The van der Waals surface area contributed by atoms with Crippen LogP contribution in [-0.2, 0) is 11.0 Å². The predicted octanol–water partition coefficient (Wildman–Crippen LogP) is 4.41. The van der Waals surface area contributed by atoms with Gasteiger partial charge >= 0.3 is 12.1 Å². The van der Waals surface area contributed by atoms with Gasteiger partial charge in [0, 0.05) is 26.3 Å². The van der Waals surface area contributed by atoms with E-state index < -0.39 is 29.8 Å². The van der Waals surface area contributed by atoms with Crippen molar-refractivity contribution in [2.24, 2.45) is 0 Å². The maximum atomic E-state index is 12.9. The second kappa shape index (κ2) is 7.83. The molecule has 0 spiro atoms. The minimum absolute atomic E-state index is 0.415. The summed E-state index contributed by atoms with van der Waals surface area (Å²) in [6, 6.07) is 11.6. The second-order valence-corrected chi connectivity index (χ2v) is 7.24. The zero-order valence-electron chi connectivity index (χ0n) is 15.8. The molecular formula is C21H23F3N2O2. The standard InChI is InChI=1S/C21H23F3N2O2/c1-25(2)17-11-7-15(8-12-17)19(26-13-3-4-18(26)20(27)28)14-5-9-16(10-6-14)21(22,23)24/h5-12,18-19H,3-4,13H2,1-2H3,(H,27,28). The molecule has 0 bridgehead atoms. The van der Waals surface area contributed by atoms with E-state index in [2.05, 4.69) is 0 Å². The van der Waals surface area contributed by atoms with Crippen LogP contribution in [-0.4, -0.2) is 42.7 Å². The summed E-state index contributed by atoms with van der Waals surface area (Å²) >= 11 is 0. The summed E-state index contributed by atoms with van der Waals surface area (Å²) in [5, 5.41) is 9.60. The highest BCUT2D eigenvalue weighted by molar-refractivity contribution is 5.74. The third kappa shape index (κ3) is 4.14. The van der Waals surface area contributed by atoms with Crippen LogP contribution in [0.4, 0.5) is 18.9 Å². The van der Waals surface area contributed by atoms with Gasteiger partial charge in [0.15, 0.2) is 0 Å². The fourth-order valence-electron chi connectivity index (χ4n) is 3.75. The fourth-order valence-corrected chi connectivity index (χ4v) is 3.75. The second-order valence-electron chi connectivity index (χ2n) is 7.24. The zero-order chi connectivity index (χ0) is 20.5. The molecule has 28 heavy (non-hydrogen) atoms. The number of alkyl halides is 3. The van der Waals surface area contributed by atoms with Crippen molar-refractivity contribution in [2.75, 3.05) is 25.5 Å². The van der Waals surface area contributed by atoms with Gasteiger partial charge in [-0.25, -0.2) is 0 Å².